The number of rotatable bonds is 41. The van der Waals surface area contributed by atoms with Crippen LogP contribution in [0.2, 0.25) is 0 Å². The van der Waals surface area contributed by atoms with E-state index in [0.29, 0.717) is 45.3 Å². The van der Waals surface area contributed by atoms with Crippen LogP contribution in [0.4, 0.5) is 0 Å². The van der Waals surface area contributed by atoms with Crippen molar-refractivity contribution >= 4 is 17.9 Å². The van der Waals surface area contributed by atoms with E-state index in [1.165, 1.54) is 128 Å². The van der Waals surface area contributed by atoms with Gasteiger partial charge in [-0.25, -0.2) is 0 Å². The first-order chi connectivity index (χ1) is 25.1. The molecule has 0 aliphatic rings. The number of hydrogen-bond donors (Lipinski definition) is 5. The third kappa shape index (κ3) is 32.9. The van der Waals surface area contributed by atoms with Crippen LogP contribution in [0.15, 0.2) is 0 Å². The zero-order valence-electron chi connectivity index (χ0n) is 33.6. The summed E-state index contributed by atoms with van der Waals surface area (Å²) in [5, 5.41) is 50.0. The summed E-state index contributed by atoms with van der Waals surface area (Å²) < 4.78 is 0. The van der Waals surface area contributed by atoms with E-state index in [2.05, 4.69) is 18.7 Å². The van der Waals surface area contributed by atoms with E-state index >= 15 is 0 Å². The first kappa shape index (κ1) is 50.2. The lowest BCUT2D eigenvalue weighted by atomic mass is 10.0. The molecule has 3 unspecified atom stereocenters. The van der Waals surface area contributed by atoms with Crippen molar-refractivity contribution in [3.8, 4) is 0 Å². The van der Waals surface area contributed by atoms with E-state index in [-0.39, 0.29) is 6.42 Å². The van der Waals surface area contributed by atoms with Crippen LogP contribution in [0.1, 0.15) is 200 Å². The maximum Gasteiger partial charge on any atom is 0.320 e. The second kappa shape index (κ2) is 36.2. The highest BCUT2D eigenvalue weighted by Gasteiger charge is 2.28. The molecule has 0 aromatic rings. The Morgan fingerprint density at radius 1 is 0.442 bits per heavy atom. The number of nitrogens with zero attached hydrogens (tertiary/aromatic N) is 2. The normalized spacial score (nSPS) is 13.5. The Balaban J connectivity index is 4.71. The van der Waals surface area contributed by atoms with Gasteiger partial charge in [0.2, 0.25) is 0 Å². The van der Waals surface area contributed by atoms with Crippen LogP contribution in [0.3, 0.4) is 0 Å². The highest BCUT2D eigenvalue weighted by molar-refractivity contribution is 5.78. The van der Waals surface area contributed by atoms with E-state index in [0.717, 1.165) is 30.6 Å². The van der Waals surface area contributed by atoms with Crippen LogP contribution in [0.5, 0.6) is 0 Å². The minimum Gasteiger partial charge on any atom is -0.480 e. The van der Waals surface area contributed by atoms with Gasteiger partial charge in [-0.2, -0.15) is 0 Å². The van der Waals surface area contributed by atoms with Crippen LogP contribution >= 0.6 is 0 Å². The summed E-state index contributed by atoms with van der Waals surface area (Å²) in [6, 6.07) is -1.21. The molecule has 0 aliphatic heterocycles. The molecule has 308 valence electrons. The van der Waals surface area contributed by atoms with E-state index in [1.54, 1.807) is 0 Å². The van der Waals surface area contributed by atoms with E-state index in [4.69, 9.17) is 0 Å². The average molecular weight is 743 g/mol. The van der Waals surface area contributed by atoms with Crippen molar-refractivity contribution in [1.29, 1.82) is 0 Å². The third-order valence-corrected chi connectivity index (χ3v) is 10.3. The molecule has 10 heteroatoms. The fourth-order valence-electron chi connectivity index (χ4n) is 7.24. The third-order valence-electron chi connectivity index (χ3n) is 10.3. The molecule has 0 radical (unpaired) electrons. The van der Waals surface area contributed by atoms with Gasteiger partial charge in [0, 0.05) is 13.1 Å². The van der Waals surface area contributed by atoms with E-state index < -0.39 is 49.2 Å². The van der Waals surface area contributed by atoms with Gasteiger partial charge in [0.15, 0.2) is 0 Å². The van der Waals surface area contributed by atoms with E-state index in [1.807, 2.05) is 0 Å². The molecule has 0 spiro atoms. The SMILES string of the molecule is CCCCCCCCCCCCCCC(O)CN(CCCCC(C(=O)O)N(CC(=O)O)CC(=O)O)CC(O)CCCCCCCCCCCCCC. The molecule has 0 aliphatic carbocycles. The second-order valence-corrected chi connectivity index (χ2v) is 15.5. The highest BCUT2D eigenvalue weighted by Crippen LogP contribution is 2.17. The fraction of sp³-hybridized carbons (Fsp3) is 0.929. The Labute approximate surface area is 318 Å². The van der Waals surface area contributed by atoms with Gasteiger partial charge >= 0.3 is 17.9 Å². The molecule has 52 heavy (non-hydrogen) atoms. The van der Waals surface area contributed by atoms with Gasteiger partial charge in [0.25, 0.3) is 0 Å². The first-order valence-electron chi connectivity index (χ1n) is 21.6. The smallest absolute Gasteiger partial charge is 0.320 e. The highest BCUT2D eigenvalue weighted by atomic mass is 16.4. The molecule has 0 saturated heterocycles. The lowest BCUT2D eigenvalue weighted by Crippen LogP contribution is -2.46. The Morgan fingerprint density at radius 2 is 0.750 bits per heavy atom. The predicted molar refractivity (Wildman–Crippen MR) is 212 cm³/mol. The minimum atomic E-state index is -1.28. The van der Waals surface area contributed by atoms with Gasteiger partial charge in [0.05, 0.1) is 25.3 Å². The quantitative estimate of drug-likeness (QED) is 0.0382. The molecular weight excluding hydrogens is 660 g/mol. The Morgan fingerprint density at radius 3 is 1.06 bits per heavy atom. The fourth-order valence-corrected chi connectivity index (χ4v) is 7.24. The number of aliphatic hydroxyl groups is 2. The summed E-state index contributed by atoms with van der Waals surface area (Å²) in [6.45, 7) is 4.63. The standard InChI is InChI=1S/C42H82N2O8/c1-3-5-7-9-11-13-15-17-19-21-23-25-29-37(45)33-43(32-28-27-31-39(42(51)52)44(35-40(47)48)36-41(49)50)34-38(46)30-26-24-22-20-18-16-14-12-10-8-6-4-2/h37-39,45-46H,3-36H2,1-2H3,(H,47,48)(H,49,50)(H,51,52). The summed E-state index contributed by atoms with van der Waals surface area (Å²) in [6.07, 6.45) is 31.9. The minimum absolute atomic E-state index is 0.118. The maximum absolute atomic E-state index is 11.9. The lowest BCUT2D eigenvalue weighted by molar-refractivity contribution is -0.149. The van der Waals surface area contributed by atoms with Crippen LogP contribution < -0.4 is 0 Å². The van der Waals surface area contributed by atoms with Crippen molar-refractivity contribution in [2.24, 2.45) is 0 Å². The number of aliphatic hydroxyl groups excluding tert-OH is 2. The summed E-state index contributed by atoms with van der Waals surface area (Å²) in [5.41, 5.74) is 0. The van der Waals surface area contributed by atoms with Gasteiger partial charge in [-0.05, 0) is 32.2 Å². The summed E-state index contributed by atoms with van der Waals surface area (Å²) in [7, 11) is 0. The summed E-state index contributed by atoms with van der Waals surface area (Å²) in [4.78, 5) is 37.5. The average Bonchev–Trinajstić information content (AvgIpc) is 3.08. The van der Waals surface area contributed by atoms with Crippen LogP contribution in [0.25, 0.3) is 0 Å². The molecule has 5 N–H and O–H groups in total. The topological polar surface area (TPSA) is 159 Å². The Hall–Kier alpha value is -1.75. The monoisotopic (exact) mass is 743 g/mol. The van der Waals surface area contributed by atoms with Crippen LogP contribution in [-0.4, -0.2) is 104 Å². The zero-order chi connectivity index (χ0) is 38.7. The largest absolute Gasteiger partial charge is 0.480 e. The molecular formula is C42H82N2O8. The van der Waals surface area contributed by atoms with Gasteiger partial charge in [-0.15, -0.1) is 0 Å². The number of carboxylic acid groups (broad SMARTS) is 3. The van der Waals surface area contributed by atoms with Crippen molar-refractivity contribution < 1.29 is 39.9 Å². The van der Waals surface area contributed by atoms with Crippen LogP contribution in [-0.2, 0) is 14.4 Å². The molecule has 0 saturated carbocycles. The Bertz CT molecular complexity index is 793. The molecule has 0 aromatic heterocycles. The van der Waals surface area contributed by atoms with Crippen molar-refractivity contribution in [3.05, 3.63) is 0 Å². The van der Waals surface area contributed by atoms with Crippen molar-refractivity contribution in [2.45, 2.75) is 218 Å². The number of hydrogen-bond acceptors (Lipinski definition) is 7. The Kier molecular flexibility index (Phi) is 35.0. The van der Waals surface area contributed by atoms with Gasteiger partial charge < -0.3 is 25.5 Å². The number of aliphatic carboxylic acids is 3. The van der Waals surface area contributed by atoms with Gasteiger partial charge in [0.1, 0.15) is 6.04 Å². The lowest BCUT2D eigenvalue weighted by Gasteiger charge is -2.28. The molecule has 0 amide bonds. The summed E-state index contributed by atoms with van der Waals surface area (Å²) >= 11 is 0. The number of carboxylic acids is 3. The first-order valence-corrected chi connectivity index (χ1v) is 21.6. The molecule has 0 fully saturated rings. The van der Waals surface area contributed by atoms with Gasteiger partial charge in [-0.1, -0.05) is 174 Å². The van der Waals surface area contributed by atoms with Crippen molar-refractivity contribution in [2.75, 3.05) is 32.7 Å². The zero-order valence-corrected chi connectivity index (χ0v) is 33.6. The predicted octanol–water partition coefficient (Wildman–Crippen LogP) is 9.29. The molecule has 0 aromatic carbocycles. The van der Waals surface area contributed by atoms with E-state index in [9.17, 15) is 39.9 Å². The molecule has 10 nitrogen and oxygen atoms in total. The van der Waals surface area contributed by atoms with Crippen LogP contribution in [0, 0.1) is 0 Å². The van der Waals surface area contributed by atoms with Crippen molar-refractivity contribution in [3.63, 3.8) is 0 Å². The number of unbranched alkanes of at least 4 members (excludes halogenated alkanes) is 23. The summed E-state index contributed by atoms with van der Waals surface area (Å²) in [5.74, 6) is -3.79. The molecule has 0 bridgehead atoms. The molecule has 0 rings (SSSR count). The van der Waals surface area contributed by atoms with Crippen molar-refractivity contribution in [1.82, 2.24) is 9.80 Å². The van der Waals surface area contributed by atoms with Gasteiger partial charge in [-0.3, -0.25) is 24.2 Å². The second-order valence-electron chi connectivity index (χ2n) is 15.5. The maximum atomic E-state index is 11.9. The molecule has 0 heterocycles. The number of carbonyl (C=O) groups is 3. The molecule has 3 atom stereocenters.